The van der Waals surface area contributed by atoms with Crippen LogP contribution in [0.3, 0.4) is 0 Å². The molecule has 0 spiro atoms. The summed E-state index contributed by atoms with van der Waals surface area (Å²) in [5, 5.41) is 0.230. The van der Waals surface area contributed by atoms with Crippen LogP contribution in [0.1, 0.15) is 38.8 Å². The van der Waals surface area contributed by atoms with Crippen molar-refractivity contribution in [2.75, 3.05) is 6.61 Å². The Morgan fingerprint density at radius 3 is 2.43 bits per heavy atom. The molecule has 0 aromatic heterocycles. The number of carbonyl (C=O) groups is 1. The first-order chi connectivity index (χ1) is 9.63. The number of rotatable bonds is 6. The number of ketones is 1. The fourth-order valence-electron chi connectivity index (χ4n) is 1.77. The van der Waals surface area contributed by atoms with Crippen molar-refractivity contribution < 1.29 is 9.22 Å². The normalized spacial score (nSPS) is 12.9. The van der Waals surface area contributed by atoms with E-state index >= 15 is 0 Å². The van der Waals surface area contributed by atoms with E-state index in [9.17, 15) is 4.79 Å². The first-order valence-corrected chi connectivity index (χ1v) is 10.4. The zero-order valence-electron chi connectivity index (χ0n) is 14.2. The van der Waals surface area contributed by atoms with Crippen LogP contribution in [0, 0.1) is 0 Å². The van der Waals surface area contributed by atoms with Crippen LogP contribution in [0.25, 0.3) is 6.08 Å². The quantitative estimate of drug-likeness (QED) is 0.702. The predicted molar refractivity (Wildman–Crippen MR) is 93.0 cm³/mol. The van der Waals surface area contributed by atoms with Crippen LogP contribution in [0.5, 0.6) is 0 Å². The molecule has 0 amide bonds. The molecule has 0 aliphatic rings. The first kappa shape index (κ1) is 17.9. The van der Waals surface area contributed by atoms with Gasteiger partial charge in [0.15, 0.2) is 8.32 Å². The van der Waals surface area contributed by atoms with Crippen molar-refractivity contribution in [3.8, 4) is 0 Å². The largest absolute Gasteiger partial charge is 0.413 e. The number of carbonyl (C=O) groups excluding carboxylic acids is 1. The number of hydrogen-bond donors (Lipinski definition) is 0. The van der Waals surface area contributed by atoms with Crippen LogP contribution in [0.2, 0.25) is 18.1 Å². The smallest absolute Gasteiger partial charge is 0.192 e. The summed E-state index contributed by atoms with van der Waals surface area (Å²) in [5.41, 5.74) is 2.18. The Morgan fingerprint density at radius 1 is 1.24 bits per heavy atom. The molecule has 1 aromatic rings. The molecule has 1 rings (SSSR count). The molecular weight excluding hydrogens is 276 g/mol. The molecule has 0 fully saturated rings. The molecule has 0 bridgehead atoms. The zero-order chi connectivity index (χ0) is 16.1. The fraction of sp³-hybridized carbons (Fsp3) is 0.500. The summed E-state index contributed by atoms with van der Waals surface area (Å²) in [5.74, 6) is 0.188. The highest BCUT2D eigenvalue weighted by atomic mass is 28.4. The highest BCUT2D eigenvalue weighted by molar-refractivity contribution is 6.74. The minimum atomic E-state index is -1.69. The molecule has 1 aromatic carbocycles. The second-order valence-corrected chi connectivity index (χ2v) is 11.9. The molecule has 0 aliphatic heterocycles. The van der Waals surface area contributed by atoms with Crippen molar-refractivity contribution in [3.05, 3.63) is 41.5 Å². The maximum atomic E-state index is 11.3. The Hall–Kier alpha value is -1.19. The number of hydrogen-bond acceptors (Lipinski definition) is 2. The van der Waals surface area contributed by atoms with Crippen molar-refractivity contribution >= 4 is 20.2 Å². The van der Waals surface area contributed by atoms with Crippen molar-refractivity contribution in [3.63, 3.8) is 0 Å². The van der Waals surface area contributed by atoms with E-state index in [1.54, 1.807) is 6.92 Å². The summed E-state index contributed by atoms with van der Waals surface area (Å²) in [6, 6.07) is 8.02. The third kappa shape index (κ3) is 5.60. The first-order valence-electron chi connectivity index (χ1n) is 7.51. The minimum absolute atomic E-state index is 0.188. The monoisotopic (exact) mass is 304 g/mol. The Labute approximate surface area is 130 Å². The van der Waals surface area contributed by atoms with E-state index in [2.05, 4.69) is 46.0 Å². The number of Topliss-reactive ketones (excluding diaryl/α,β-unsaturated/α-hetero) is 1. The molecule has 0 saturated heterocycles. The van der Waals surface area contributed by atoms with Crippen LogP contribution in [-0.4, -0.2) is 20.7 Å². The predicted octanol–water partition coefficient (Wildman–Crippen LogP) is 4.85. The van der Waals surface area contributed by atoms with E-state index in [4.69, 9.17) is 4.43 Å². The van der Waals surface area contributed by atoms with Crippen LogP contribution >= 0.6 is 0 Å². The summed E-state index contributed by atoms with van der Waals surface area (Å²) in [4.78, 5) is 11.3. The molecule has 21 heavy (non-hydrogen) atoms. The molecule has 0 atom stereocenters. The lowest BCUT2D eigenvalue weighted by Crippen LogP contribution is -2.40. The lowest BCUT2D eigenvalue weighted by Gasteiger charge is -2.35. The average molecular weight is 305 g/mol. The molecule has 0 unspecified atom stereocenters. The van der Waals surface area contributed by atoms with Gasteiger partial charge in [0.25, 0.3) is 0 Å². The van der Waals surface area contributed by atoms with E-state index in [1.165, 1.54) is 0 Å². The van der Waals surface area contributed by atoms with Gasteiger partial charge in [0.05, 0.1) is 6.61 Å². The Kier molecular flexibility index (Phi) is 6.11. The molecule has 0 radical (unpaired) electrons. The van der Waals surface area contributed by atoms with Gasteiger partial charge in [-0.3, -0.25) is 4.79 Å². The van der Waals surface area contributed by atoms with E-state index in [-0.39, 0.29) is 10.8 Å². The standard InChI is InChI=1S/C18H28O2Si/c1-15(19)14-17-11-8-7-10-16(17)12-9-13-20-21(5,6)18(2,3)4/h7-12H,13-14H2,1-6H3/b12-9+. The molecule has 0 saturated carbocycles. The summed E-state index contributed by atoms with van der Waals surface area (Å²) in [6.07, 6.45) is 4.61. The molecular formula is C18H28O2Si. The summed E-state index contributed by atoms with van der Waals surface area (Å²) >= 11 is 0. The molecule has 3 heteroatoms. The second kappa shape index (κ2) is 7.19. The van der Waals surface area contributed by atoms with Crippen molar-refractivity contribution in [2.24, 2.45) is 0 Å². The Bertz CT molecular complexity index is 510. The van der Waals surface area contributed by atoms with E-state index in [1.807, 2.05) is 24.3 Å². The SMILES string of the molecule is CC(=O)Cc1ccccc1/C=C/CO[Si](C)(C)C(C)(C)C. The zero-order valence-corrected chi connectivity index (χ0v) is 15.2. The van der Waals surface area contributed by atoms with Crippen LogP contribution in [0.15, 0.2) is 30.3 Å². The maximum absolute atomic E-state index is 11.3. The fourth-order valence-corrected chi connectivity index (χ4v) is 2.72. The summed E-state index contributed by atoms with van der Waals surface area (Å²) < 4.78 is 6.12. The molecule has 0 heterocycles. The molecule has 2 nitrogen and oxygen atoms in total. The van der Waals surface area contributed by atoms with Gasteiger partial charge in [-0.2, -0.15) is 0 Å². The molecule has 116 valence electrons. The maximum Gasteiger partial charge on any atom is 0.192 e. The van der Waals surface area contributed by atoms with E-state index < -0.39 is 8.32 Å². The van der Waals surface area contributed by atoms with Crippen molar-refractivity contribution in [1.29, 1.82) is 0 Å². The van der Waals surface area contributed by atoms with Gasteiger partial charge in [-0.25, -0.2) is 0 Å². The lowest BCUT2D eigenvalue weighted by molar-refractivity contribution is -0.116. The lowest BCUT2D eigenvalue weighted by atomic mass is 10.0. The van der Waals surface area contributed by atoms with Crippen LogP contribution in [-0.2, 0) is 15.6 Å². The Balaban J connectivity index is 2.68. The van der Waals surface area contributed by atoms with Crippen molar-refractivity contribution in [2.45, 2.75) is 52.2 Å². The van der Waals surface area contributed by atoms with Crippen molar-refractivity contribution in [1.82, 2.24) is 0 Å². The molecule has 0 N–H and O–H groups in total. The van der Waals surface area contributed by atoms with Gasteiger partial charge >= 0.3 is 0 Å². The van der Waals surface area contributed by atoms with Gasteiger partial charge in [0.1, 0.15) is 5.78 Å². The third-order valence-corrected chi connectivity index (χ3v) is 8.64. The second-order valence-electron chi connectivity index (χ2n) is 7.05. The van der Waals surface area contributed by atoms with Crippen LogP contribution < -0.4 is 0 Å². The number of benzene rings is 1. The summed E-state index contributed by atoms with van der Waals surface area (Å²) in [7, 11) is -1.69. The topological polar surface area (TPSA) is 26.3 Å². The highest BCUT2D eigenvalue weighted by Crippen LogP contribution is 2.36. The average Bonchev–Trinajstić information content (AvgIpc) is 2.34. The minimum Gasteiger partial charge on any atom is -0.413 e. The van der Waals surface area contributed by atoms with Gasteiger partial charge in [-0.05, 0) is 36.2 Å². The van der Waals surface area contributed by atoms with Gasteiger partial charge < -0.3 is 4.43 Å². The Morgan fingerprint density at radius 2 is 1.86 bits per heavy atom. The van der Waals surface area contributed by atoms with Crippen LogP contribution in [0.4, 0.5) is 0 Å². The summed E-state index contributed by atoms with van der Waals surface area (Å²) in [6.45, 7) is 13.5. The van der Waals surface area contributed by atoms with Gasteiger partial charge in [-0.1, -0.05) is 57.2 Å². The van der Waals surface area contributed by atoms with E-state index in [0.717, 1.165) is 11.1 Å². The highest BCUT2D eigenvalue weighted by Gasteiger charge is 2.36. The molecule has 0 aliphatic carbocycles. The third-order valence-electron chi connectivity index (χ3n) is 4.14. The van der Waals surface area contributed by atoms with E-state index in [0.29, 0.717) is 13.0 Å². The van der Waals surface area contributed by atoms with Gasteiger partial charge in [0.2, 0.25) is 0 Å². The van der Waals surface area contributed by atoms with Gasteiger partial charge in [-0.15, -0.1) is 0 Å². The van der Waals surface area contributed by atoms with Gasteiger partial charge in [0, 0.05) is 6.42 Å².